The van der Waals surface area contributed by atoms with Crippen LogP contribution in [0.5, 0.6) is 0 Å². The van der Waals surface area contributed by atoms with Gasteiger partial charge in [0, 0.05) is 19.5 Å². The summed E-state index contributed by atoms with van der Waals surface area (Å²) in [4.78, 5) is 2.31. The molecule has 1 saturated heterocycles. The minimum Gasteiger partial charge on any atom is -0.389 e. The van der Waals surface area contributed by atoms with Gasteiger partial charge in [0.2, 0.25) is 0 Å². The van der Waals surface area contributed by atoms with Crippen LogP contribution in [-0.2, 0) is 6.42 Å². The molecule has 0 atom stereocenters. The third-order valence-corrected chi connectivity index (χ3v) is 4.21. The quantitative estimate of drug-likeness (QED) is 0.914. The summed E-state index contributed by atoms with van der Waals surface area (Å²) < 4.78 is 13.4. The van der Waals surface area contributed by atoms with Crippen LogP contribution in [0.25, 0.3) is 0 Å². The van der Waals surface area contributed by atoms with Crippen LogP contribution in [-0.4, -0.2) is 35.2 Å². The molecule has 0 amide bonds. The molecule has 2 nitrogen and oxygen atoms in total. The zero-order valence-corrected chi connectivity index (χ0v) is 11.4. The second kappa shape index (κ2) is 5.55. The van der Waals surface area contributed by atoms with Crippen LogP contribution in [0.15, 0.2) is 18.2 Å². The molecule has 1 aliphatic heterocycles. The molecule has 100 valence electrons. The fourth-order valence-corrected chi connectivity index (χ4v) is 2.69. The number of likely N-dealkylation sites (tertiary alicyclic amines) is 1. The zero-order valence-electron chi connectivity index (χ0n) is 10.6. The molecule has 0 unspecified atom stereocenters. The smallest absolute Gasteiger partial charge is 0.142 e. The lowest BCUT2D eigenvalue weighted by Crippen LogP contribution is -2.45. The molecule has 1 N–H and O–H groups in total. The van der Waals surface area contributed by atoms with E-state index in [1.807, 2.05) is 0 Å². The Balaban J connectivity index is 2.07. The molecule has 2 rings (SSSR count). The van der Waals surface area contributed by atoms with Crippen molar-refractivity contribution in [3.8, 4) is 0 Å². The van der Waals surface area contributed by atoms with Gasteiger partial charge >= 0.3 is 0 Å². The van der Waals surface area contributed by atoms with Gasteiger partial charge in [-0.2, -0.15) is 0 Å². The van der Waals surface area contributed by atoms with E-state index in [0.717, 1.165) is 19.6 Å². The molecule has 0 aromatic heterocycles. The average Bonchev–Trinajstić information content (AvgIpc) is 2.36. The molecule has 1 fully saturated rings. The minimum absolute atomic E-state index is 0.142. The van der Waals surface area contributed by atoms with Crippen molar-refractivity contribution in [1.29, 1.82) is 0 Å². The Morgan fingerprint density at radius 2 is 2.06 bits per heavy atom. The number of hydrogen-bond donors (Lipinski definition) is 1. The summed E-state index contributed by atoms with van der Waals surface area (Å²) in [7, 11) is 0. The topological polar surface area (TPSA) is 23.5 Å². The van der Waals surface area contributed by atoms with E-state index in [1.54, 1.807) is 12.1 Å². The largest absolute Gasteiger partial charge is 0.389 e. The van der Waals surface area contributed by atoms with E-state index < -0.39 is 11.4 Å². The van der Waals surface area contributed by atoms with Crippen LogP contribution in [0, 0.1) is 5.82 Å². The van der Waals surface area contributed by atoms with Gasteiger partial charge in [0.05, 0.1) is 10.6 Å². The summed E-state index contributed by atoms with van der Waals surface area (Å²) in [6.07, 6.45) is 1.86. The lowest BCUT2D eigenvalue weighted by Gasteiger charge is -2.38. The number of piperidine rings is 1. The minimum atomic E-state index is -0.747. The number of hydrogen-bond acceptors (Lipinski definition) is 2. The molecular weight excluding hydrogens is 253 g/mol. The van der Waals surface area contributed by atoms with Gasteiger partial charge in [0.15, 0.2) is 0 Å². The van der Waals surface area contributed by atoms with E-state index in [-0.39, 0.29) is 5.02 Å². The Labute approximate surface area is 112 Å². The number of nitrogens with zero attached hydrogens (tertiary/aromatic N) is 1. The van der Waals surface area contributed by atoms with Gasteiger partial charge in [-0.05, 0) is 31.0 Å². The van der Waals surface area contributed by atoms with Crippen LogP contribution >= 0.6 is 11.6 Å². The summed E-state index contributed by atoms with van der Waals surface area (Å²) in [6, 6.07) is 4.77. The lowest BCUT2D eigenvalue weighted by molar-refractivity contribution is -0.0194. The highest BCUT2D eigenvalue weighted by Gasteiger charge is 2.32. The molecule has 1 aromatic carbocycles. The Morgan fingerprint density at radius 1 is 1.39 bits per heavy atom. The summed E-state index contributed by atoms with van der Waals surface area (Å²) in [5.41, 5.74) is -0.0487. The molecule has 0 bridgehead atoms. The first kappa shape index (κ1) is 13.8. The normalized spacial score (nSPS) is 20.0. The van der Waals surface area contributed by atoms with Gasteiger partial charge in [0.1, 0.15) is 5.82 Å². The standard InChI is InChI=1S/C14H19ClFNO/c1-2-17-8-6-14(18,7-9-17)10-11-4-3-5-12(16)13(11)15/h3-5,18H,2,6-10H2,1H3. The van der Waals surface area contributed by atoms with E-state index in [0.29, 0.717) is 24.8 Å². The Bertz CT molecular complexity index is 416. The van der Waals surface area contributed by atoms with Crippen molar-refractivity contribution in [2.75, 3.05) is 19.6 Å². The van der Waals surface area contributed by atoms with E-state index in [1.165, 1.54) is 6.07 Å². The van der Waals surface area contributed by atoms with E-state index in [9.17, 15) is 9.50 Å². The first-order valence-electron chi connectivity index (χ1n) is 6.42. The van der Waals surface area contributed by atoms with Gasteiger partial charge in [-0.1, -0.05) is 30.7 Å². The maximum absolute atomic E-state index is 13.4. The molecule has 18 heavy (non-hydrogen) atoms. The summed E-state index contributed by atoms with van der Waals surface area (Å²) in [5.74, 6) is -0.413. The molecule has 1 heterocycles. The van der Waals surface area contributed by atoms with Crippen molar-refractivity contribution in [2.24, 2.45) is 0 Å². The van der Waals surface area contributed by atoms with Crippen molar-refractivity contribution in [3.63, 3.8) is 0 Å². The first-order chi connectivity index (χ1) is 8.54. The lowest BCUT2D eigenvalue weighted by atomic mass is 9.85. The number of rotatable bonds is 3. The highest BCUT2D eigenvalue weighted by molar-refractivity contribution is 6.31. The van der Waals surface area contributed by atoms with Crippen LogP contribution < -0.4 is 0 Å². The van der Waals surface area contributed by atoms with Crippen LogP contribution in [0.3, 0.4) is 0 Å². The number of halogens is 2. The van der Waals surface area contributed by atoms with Gasteiger partial charge in [0.25, 0.3) is 0 Å². The Morgan fingerprint density at radius 3 is 2.67 bits per heavy atom. The fraction of sp³-hybridized carbons (Fsp3) is 0.571. The van der Waals surface area contributed by atoms with E-state index in [4.69, 9.17) is 11.6 Å². The predicted octanol–water partition coefficient (Wildman–Crippen LogP) is 2.87. The van der Waals surface area contributed by atoms with Gasteiger partial charge < -0.3 is 10.0 Å². The van der Waals surface area contributed by atoms with Crippen molar-refractivity contribution in [1.82, 2.24) is 4.90 Å². The highest BCUT2D eigenvalue weighted by Crippen LogP contribution is 2.30. The first-order valence-corrected chi connectivity index (χ1v) is 6.79. The SMILES string of the molecule is CCN1CCC(O)(Cc2cccc(F)c2Cl)CC1. The Kier molecular flexibility index (Phi) is 4.25. The third kappa shape index (κ3) is 3.02. The fourth-order valence-electron chi connectivity index (χ4n) is 2.50. The molecule has 0 spiro atoms. The van der Waals surface area contributed by atoms with Crippen LogP contribution in [0.1, 0.15) is 25.3 Å². The average molecular weight is 272 g/mol. The molecule has 0 aliphatic carbocycles. The predicted molar refractivity (Wildman–Crippen MR) is 71.4 cm³/mol. The van der Waals surface area contributed by atoms with Gasteiger partial charge in [-0.25, -0.2) is 4.39 Å². The van der Waals surface area contributed by atoms with Crippen molar-refractivity contribution in [3.05, 3.63) is 34.6 Å². The molecule has 1 aliphatic rings. The molecule has 0 radical (unpaired) electrons. The zero-order chi connectivity index (χ0) is 13.2. The van der Waals surface area contributed by atoms with E-state index >= 15 is 0 Å². The van der Waals surface area contributed by atoms with E-state index in [2.05, 4.69) is 11.8 Å². The van der Waals surface area contributed by atoms with Crippen molar-refractivity contribution < 1.29 is 9.50 Å². The Hall–Kier alpha value is -0.640. The molecule has 0 saturated carbocycles. The third-order valence-electron chi connectivity index (χ3n) is 3.79. The second-order valence-electron chi connectivity index (χ2n) is 5.05. The number of benzene rings is 1. The molecule has 1 aromatic rings. The van der Waals surface area contributed by atoms with Crippen molar-refractivity contribution in [2.45, 2.75) is 31.8 Å². The van der Waals surface area contributed by atoms with Crippen LogP contribution in [0.4, 0.5) is 4.39 Å². The maximum atomic E-state index is 13.4. The van der Waals surface area contributed by atoms with Crippen molar-refractivity contribution >= 4 is 11.6 Å². The molecular formula is C14H19ClFNO. The summed E-state index contributed by atoms with van der Waals surface area (Å²) in [6.45, 7) is 4.91. The summed E-state index contributed by atoms with van der Waals surface area (Å²) in [5, 5.41) is 10.7. The number of aliphatic hydroxyl groups is 1. The molecule has 4 heteroatoms. The van der Waals surface area contributed by atoms with Crippen LogP contribution in [0.2, 0.25) is 5.02 Å². The monoisotopic (exact) mass is 271 g/mol. The van der Waals surface area contributed by atoms with Gasteiger partial charge in [-0.3, -0.25) is 0 Å². The second-order valence-corrected chi connectivity index (χ2v) is 5.43. The summed E-state index contributed by atoms with van der Waals surface area (Å²) >= 11 is 5.93. The maximum Gasteiger partial charge on any atom is 0.142 e. The van der Waals surface area contributed by atoms with Gasteiger partial charge in [-0.15, -0.1) is 0 Å². The highest BCUT2D eigenvalue weighted by atomic mass is 35.5.